The Bertz CT molecular complexity index is 991. The van der Waals surface area contributed by atoms with E-state index in [2.05, 4.69) is 0 Å². The normalized spacial score (nSPS) is 20.6. The van der Waals surface area contributed by atoms with E-state index in [9.17, 15) is 18.8 Å². The Labute approximate surface area is 180 Å². The van der Waals surface area contributed by atoms with Gasteiger partial charge in [-0.05, 0) is 36.5 Å². The van der Waals surface area contributed by atoms with Gasteiger partial charge in [0.05, 0.1) is 19.1 Å². The van der Waals surface area contributed by atoms with Crippen LogP contribution in [0.2, 0.25) is 0 Å². The molecule has 2 aliphatic rings. The van der Waals surface area contributed by atoms with Crippen LogP contribution in [0.5, 0.6) is 0 Å². The van der Waals surface area contributed by atoms with E-state index in [1.807, 2.05) is 43.3 Å². The van der Waals surface area contributed by atoms with Crippen molar-refractivity contribution in [1.29, 1.82) is 0 Å². The zero-order chi connectivity index (χ0) is 22.0. The first-order valence-corrected chi connectivity index (χ1v) is 10.5. The van der Waals surface area contributed by atoms with Crippen molar-refractivity contribution in [2.45, 2.75) is 38.3 Å². The number of benzene rings is 2. The third-order valence-corrected chi connectivity index (χ3v) is 5.88. The van der Waals surface area contributed by atoms with Crippen LogP contribution in [0.4, 0.5) is 9.18 Å². The first-order chi connectivity index (χ1) is 15.0. The van der Waals surface area contributed by atoms with Gasteiger partial charge in [0.15, 0.2) is 0 Å². The predicted octanol–water partition coefficient (Wildman–Crippen LogP) is 3.37. The van der Waals surface area contributed by atoms with Crippen LogP contribution in [-0.4, -0.2) is 53.6 Å². The van der Waals surface area contributed by atoms with Gasteiger partial charge >= 0.3 is 6.09 Å². The highest BCUT2D eigenvalue weighted by atomic mass is 19.1. The molecule has 1 fully saturated rings. The first kappa shape index (κ1) is 21.0. The highest BCUT2D eigenvalue weighted by Crippen LogP contribution is 2.34. The van der Waals surface area contributed by atoms with Crippen LogP contribution in [-0.2, 0) is 27.2 Å². The van der Waals surface area contributed by atoms with Gasteiger partial charge < -0.3 is 9.64 Å². The van der Waals surface area contributed by atoms with Crippen LogP contribution in [0.15, 0.2) is 48.5 Å². The third kappa shape index (κ3) is 4.17. The van der Waals surface area contributed by atoms with E-state index in [-0.39, 0.29) is 31.9 Å². The summed E-state index contributed by atoms with van der Waals surface area (Å²) in [4.78, 5) is 41.6. The third-order valence-electron chi connectivity index (χ3n) is 5.88. The minimum absolute atomic E-state index is 0.102. The number of halogens is 1. The van der Waals surface area contributed by atoms with Crippen LogP contribution in [0.1, 0.15) is 34.7 Å². The number of amides is 3. The maximum absolute atomic E-state index is 13.7. The Morgan fingerprint density at radius 2 is 1.87 bits per heavy atom. The highest BCUT2D eigenvalue weighted by Gasteiger charge is 2.46. The maximum Gasteiger partial charge on any atom is 0.417 e. The van der Waals surface area contributed by atoms with E-state index in [4.69, 9.17) is 4.74 Å². The Morgan fingerprint density at radius 3 is 2.61 bits per heavy atom. The zero-order valence-corrected chi connectivity index (χ0v) is 17.4. The number of fused-ring (bicyclic) bond motifs is 1. The number of hydrogen-bond acceptors (Lipinski definition) is 4. The molecule has 0 aromatic heterocycles. The van der Waals surface area contributed by atoms with Crippen LogP contribution < -0.4 is 0 Å². The van der Waals surface area contributed by atoms with Crippen molar-refractivity contribution in [2.75, 3.05) is 19.8 Å². The average Bonchev–Trinajstić information content (AvgIpc) is 3.13. The quantitative estimate of drug-likeness (QED) is 0.713. The van der Waals surface area contributed by atoms with E-state index >= 15 is 0 Å². The summed E-state index contributed by atoms with van der Waals surface area (Å²) in [6.45, 7) is 1.62. The summed E-state index contributed by atoms with van der Waals surface area (Å²) in [6.07, 6.45) is 0.0474. The molecule has 2 heterocycles. The van der Waals surface area contributed by atoms with E-state index < -0.39 is 30.8 Å². The molecule has 31 heavy (non-hydrogen) atoms. The lowest BCUT2D eigenvalue weighted by molar-refractivity contribution is -0.146. The van der Waals surface area contributed by atoms with Crippen LogP contribution in [0, 0.1) is 6.92 Å². The second-order valence-electron chi connectivity index (χ2n) is 8.04. The summed E-state index contributed by atoms with van der Waals surface area (Å²) in [5, 5.41) is 0. The van der Waals surface area contributed by atoms with Crippen LogP contribution in [0.25, 0.3) is 0 Å². The number of alkyl halides is 1. The van der Waals surface area contributed by atoms with Gasteiger partial charge in [0.1, 0.15) is 12.6 Å². The van der Waals surface area contributed by atoms with Gasteiger partial charge in [-0.1, -0.05) is 54.1 Å². The second kappa shape index (κ2) is 8.88. The van der Waals surface area contributed by atoms with Gasteiger partial charge in [-0.2, -0.15) is 0 Å². The van der Waals surface area contributed by atoms with Gasteiger partial charge in [0.25, 0.3) is 5.91 Å². The summed E-state index contributed by atoms with van der Waals surface area (Å²) < 4.78 is 18.1. The van der Waals surface area contributed by atoms with Crippen molar-refractivity contribution >= 4 is 17.9 Å². The second-order valence-corrected chi connectivity index (χ2v) is 8.04. The molecular weight excluding hydrogens is 399 g/mol. The number of nitrogens with zero attached hydrogens (tertiary/aromatic N) is 2. The zero-order valence-electron chi connectivity index (χ0n) is 17.4. The standard InChI is InChI=1S/C24H25FN2O4/c1-16-7-9-17(10-8-16)13-19-15-31-24(30)27(19)23(29)22-20-6-3-2-5-18(20)14-21(28)26(22)12-4-11-25/h2-3,5-10,19,22H,4,11-15H2,1H3/t19-,22+/m0/s1. The smallest absolute Gasteiger partial charge is 0.417 e. The lowest BCUT2D eigenvalue weighted by Gasteiger charge is -2.38. The Kier molecular flexibility index (Phi) is 6.02. The van der Waals surface area contributed by atoms with Crippen LogP contribution >= 0.6 is 0 Å². The molecule has 0 spiro atoms. The highest BCUT2D eigenvalue weighted by molar-refractivity contribution is 6.00. The summed E-state index contributed by atoms with van der Waals surface area (Å²) in [5.41, 5.74) is 3.54. The van der Waals surface area contributed by atoms with E-state index in [0.29, 0.717) is 12.0 Å². The molecule has 0 radical (unpaired) electrons. The van der Waals surface area contributed by atoms with E-state index in [0.717, 1.165) is 21.6 Å². The molecule has 2 aromatic carbocycles. The number of ether oxygens (including phenoxy) is 1. The first-order valence-electron chi connectivity index (χ1n) is 10.5. The van der Waals surface area contributed by atoms with Gasteiger partial charge in [-0.25, -0.2) is 9.69 Å². The minimum atomic E-state index is -0.963. The SMILES string of the molecule is Cc1ccc(C[C@H]2COC(=O)N2C(=O)[C@H]2c3ccccc3CC(=O)N2CCCF)cc1. The molecule has 0 N–H and O–H groups in total. The average molecular weight is 424 g/mol. The molecule has 3 amide bonds. The molecule has 2 aliphatic heterocycles. The number of carbonyl (C=O) groups is 3. The minimum Gasteiger partial charge on any atom is -0.447 e. The predicted molar refractivity (Wildman–Crippen MR) is 112 cm³/mol. The van der Waals surface area contributed by atoms with E-state index in [1.165, 1.54) is 4.90 Å². The largest absolute Gasteiger partial charge is 0.447 e. The molecular formula is C24H25FN2O4. The van der Waals surface area contributed by atoms with Crippen molar-refractivity contribution in [1.82, 2.24) is 9.80 Å². The molecule has 4 rings (SSSR count). The van der Waals surface area contributed by atoms with Crippen molar-refractivity contribution in [2.24, 2.45) is 0 Å². The summed E-state index contributed by atoms with van der Waals surface area (Å²) in [6, 6.07) is 13.7. The molecule has 1 saturated heterocycles. The fraction of sp³-hybridized carbons (Fsp3) is 0.375. The topological polar surface area (TPSA) is 66.9 Å². The molecule has 0 unspecified atom stereocenters. The number of carbonyl (C=O) groups excluding carboxylic acids is 3. The molecule has 0 aliphatic carbocycles. The number of hydrogen-bond donors (Lipinski definition) is 0. The van der Waals surface area contributed by atoms with Gasteiger partial charge in [0.2, 0.25) is 5.91 Å². The Hall–Kier alpha value is -3.22. The van der Waals surface area contributed by atoms with Crippen LogP contribution in [0.3, 0.4) is 0 Å². The fourth-order valence-corrected chi connectivity index (χ4v) is 4.30. The van der Waals surface area contributed by atoms with Crippen molar-refractivity contribution in [3.8, 4) is 0 Å². The Balaban J connectivity index is 1.66. The molecule has 0 saturated carbocycles. The molecule has 162 valence electrons. The van der Waals surface area contributed by atoms with Gasteiger partial charge in [-0.15, -0.1) is 0 Å². The lowest BCUT2D eigenvalue weighted by Crippen LogP contribution is -2.51. The fourth-order valence-electron chi connectivity index (χ4n) is 4.30. The number of cyclic esters (lactones) is 1. The van der Waals surface area contributed by atoms with Crippen molar-refractivity contribution in [3.05, 3.63) is 70.8 Å². The number of aryl methyl sites for hydroxylation is 1. The van der Waals surface area contributed by atoms with Crippen molar-refractivity contribution in [3.63, 3.8) is 0 Å². The molecule has 0 bridgehead atoms. The summed E-state index contributed by atoms with van der Waals surface area (Å²) >= 11 is 0. The molecule has 2 aromatic rings. The summed E-state index contributed by atoms with van der Waals surface area (Å²) in [7, 11) is 0. The molecule has 7 heteroatoms. The number of imide groups is 1. The maximum atomic E-state index is 13.7. The van der Waals surface area contributed by atoms with Crippen molar-refractivity contribution < 1.29 is 23.5 Å². The molecule has 6 nitrogen and oxygen atoms in total. The van der Waals surface area contributed by atoms with Gasteiger partial charge in [0, 0.05) is 6.54 Å². The molecule has 2 atom stereocenters. The number of rotatable bonds is 6. The summed E-state index contributed by atoms with van der Waals surface area (Å²) in [5.74, 6) is -0.743. The monoisotopic (exact) mass is 424 g/mol. The lowest BCUT2D eigenvalue weighted by atomic mass is 9.90. The van der Waals surface area contributed by atoms with Gasteiger partial charge in [-0.3, -0.25) is 14.0 Å². The van der Waals surface area contributed by atoms with E-state index in [1.54, 1.807) is 12.1 Å². The Morgan fingerprint density at radius 1 is 1.13 bits per heavy atom.